The Morgan fingerprint density at radius 2 is 2.35 bits per heavy atom. The molecule has 0 bridgehead atoms. The third-order valence-electron chi connectivity index (χ3n) is 2.20. The number of benzene rings is 1. The standard InChI is InChI=1S/C13H10BrClN2O2S/c14-10-1-2-12(11(15)5-10)19-7-13(18)17-16-6-9-3-4-20-8-9/h1-6,8H,7H2,(H,17,18). The van der Waals surface area contributed by atoms with Crippen molar-refractivity contribution in [3.05, 3.63) is 50.1 Å². The molecule has 2 aromatic rings. The van der Waals surface area contributed by atoms with Gasteiger partial charge in [-0.15, -0.1) is 0 Å². The van der Waals surface area contributed by atoms with Gasteiger partial charge in [0.25, 0.3) is 5.91 Å². The van der Waals surface area contributed by atoms with Crippen LogP contribution in [0.25, 0.3) is 0 Å². The van der Waals surface area contributed by atoms with E-state index < -0.39 is 0 Å². The van der Waals surface area contributed by atoms with Gasteiger partial charge in [-0.25, -0.2) is 5.43 Å². The van der Waals surface area contributed by atoms with Crippen molar-refractivity contribution in [2.45, 2.75) is 0 Å². The number of rotatable bonds is 5. The van der Waals surface area contributed by atoms with Crippen LogP contribution in [0.15, 0.2) is 44.6 Å². The van der Waals surface area contributed by atoms with Gasteiger partial charge in [-0.1, -0.05) is 27.5 Å². The second-order valence-electron chi connectivity index (χ2n) is 3.71. The normalized spacial score (nSPS) is 10.7. The Morgan fingerprint density at radius 1 is 1.50 bits per heavy atom. The van der Waals surface area contributed by atoms with E-state index in [1.54, 1.807) is 35.8 Å². The van der Waals surface area contributed by atoms with Crippen molar-refractivity contribution in [2.75, 3.05) is 6.61 Å². The minimum atomic E-state index is -0.351. The van der Waals surface area contributed by atoms with Gasteiger partial charge >= 0.3 is 0 Å². The zero-order chi connectivity index (χ0) is 14.4. The predicted octanol–water partition coefficient (Wildman–Crippen LogP) is 3.69. The molecule has 2 rings (SSSR count). The number of thiophene rings is 1. The Hall–Kier alpha value is -1.37. The molecule has 1 aromatic heterocycles. The molecule has 0 spiro atoms. The second kappa shape index (κ2) is 7.42. The fourth-order valence-corrected chi connectivity index (χ4v) is 2.63. The van der Waals surface area contributed by atoms with Crippen LogP contribution < -0.4 is 10.2 Å². The molecule has 0 radical (unpaired) electrons. The number of nitrogens with one attached hydrogen (secondary N) is 1. The lowest BCUT2D eigenvalue weighted by atomic mass is 10.3. The number of hydrazone groups is 1. The van der Waals surface area contributed by atoms with Gasteiger partial charge in [-0.2, -0.15) is 16.4 Å². The maximum Gasteiger partial charge on any atom is 0.277 e. The van der Waals surface area contributed by atoms with Gasteiger partial charge in [-0.3, -0.25) is 4.79 Å². The molecule has 0 fully saturated rings. The number of carbonyl (C=O) groups excluding carboxylic acids is 1. The van der Waals surface area contributed by atoms with Gasteiger partial charge in [0.2, 0.25) is 0 Å². The molecule has 0 aliphatic carbocycles. The molecule has 0 saturated heterocycles. The molecule has 7 heteroatoms. The first-order valence-corrected chi connectivity index (χ1v) is 7.68. The van der Waals surface area contributed by atoms with Crippen LogP contribution in [0.2, 0.25) is 5.02 Å². The lowest BCUT2D eigenvalue weighted by Gasteiger charge is -2.06. The van der Waals surface area contributed by atoms with Crippen LogP contribution in [0.3, 0.4) is 0 Å². The highest BCUT2D eigenvalue weighted by Crippen LogP contribution is 2.27. The van der Waals surface area contributed by atoms with E-state index in [1.807, 2.05) is 16.8 Å². The Labute approximate surface area is 133 Å². The van der Waals surface area contributed by atoms with E-state index in [4.69, 9.17) is 16.3 Å². The van der Waals surface area contributed by atoms with E-state index in [0.29, 0.717) is 10.8 Å². The topological polar surface area (TPSA) is 50.7 Å². The minimum Gasteiger partial charge on any atom is -0.482 e. The molecular formula is C13H10BrClN2O2S. The Morgan fingerprint density at radius 3 is 3.05 bits per heavy atom. The van der Waals surface area contributed by atoms with Crippen LogP contribution in [0.5, 0.6) is 5.75 Å². The summed E-state index contributed by atoms with van der Waals surface area (Å²) in [5, 5.41) is 8.12. The Bertz CT molecular complexity index is 617. The highest BCUT2D eigenvalue weighted by molar-refractivity contribution is 9.10. The van der Waals surface area contributed by atoms with Crippen molar-refractivity contribution in [2.24, 2.45) is 5.10 Å². The second-order valence-corrected chi connectivity index (χ2v) is 5.82. The zero-order valence-corrected chi connectivity index (χ0v) is 13.3. The molecule has 1 heterocycles. The first kappa shape index (κ1) is 15.0. The molecule has 0 atom stereocenters. The summed E-state index contributed by atoms with van der Waals surface area (Å²) in [6.07, 6.45) is 1.57. The van der Waals surface area contributed by atoms with Crippen LogP contribution in [-0.2, 0) is 4.79 Å². The maximum absolute atomic E-state index is 11.5. The highest BCUT2D eigenvalue weighted by Gasteiger charge is 2.05. The molecule has 20 heavy (non-hydrogen) atoms. The SMILES string of the molecule is O=C(COc1ccc(Br)cc1Cl)NN=Cc1ccsc1. The molecule has 104 valence electrons. The van der Waals surface area contributed by atoms with Crippen molar-refractivity contribution in [3.63, 3.8) is 0 Å². The molecule has 1 amide bonds. The molecular weight excluding hydrogens is 364 g/mol. The summed E-state index contributed by atoms with van der Waals surface area (Å²) in [5.74, 6) is 0.0993. The van der Waals surface area contributed by atoms with Gasteiger partial charge in [-0.05, 0) is 35.0 Å². The maximum atomic E-state index is 11.5. The van der Waals surface area contributed by atoms with Crippen molar-refractivity contribution in [1.82, 2.24) is 5.43 Å². The first-order chi connectivity index (χ1) is 9.65. The first-order valence-electron chi connectivity index (χ1n) is 5.57. The molecule has 4 nitrogen and oxygen atoms in total. The van der Waals surface area contributed by atoms with E-state index in [9.17, 15) is 4.79 Å². The number of nitrogens with zero attached hydrogens (tertiary/aromatic N) is 1. The molecule has 1 aromatic carbocycles. The summed E-state index contributed by atoms with van der Waals surface area (Å²) in [5.41, 5.74) is 3.32. The minimum absolute atomic E-state index is 0.150. The van der Waals surface area contributed by atoms with Crippen molar-refractivity contribution < 1.29 is 9.53 Å². The smallest absolute Gasteiger partial charge is 0.277 e. The average Bonchev–Trinajstić information content (AvgIpc) is 2.91. The monoisotopic (exact) mass is 372 g/mol. The van der Waals surface area contributed by atoms with Gasteiger partial charge < -0.3 is 4.74 Å². The third kappa shape index (κ3) is 4.63. The summed E-state index contributed by atoms with van der Waals surface area (Å²) >= 11 is 10.8. The lowest BCUT2D eigenvalue weighted by Crippen LogP contribution is -2.24. The Kier molecular flexibility index (Phi) is 5.58. The third-order valence-corrected chi connectivity index (χ3v) is 3.69. The zero-order valence-electron chi connectivity index (χ0n) is 10.2. The number of halogens is 2. The number of hydrogen-bond donors (Lipinski definition) is 1. The number of amides is 1. The number of hydrogen-bond acceptors (Lipinski definition) is 4. The molecule has 0 saturated carbocycles. The largest absolute Gasteiger partial charge is 0.482 e. The van der Waals surface area contributed by atoms with Crippen LogP contribution in [0.1, 0.15) is 5.56 Å². The number of ether oxygens (including phenoxy) is 1. The summed E-state index contributed by atoms with van der Waals surface area (Å²) in [7, 11) is 0. The number of carbonyl (C=O) groups is 1. The quantitative estimate of drug-likeness (QED) is 0.642. The van der Waals surface area contributed by atoms with Gasteiger partial charge in [0, 0.05) is 10.0 Å². The molecule has 0 unspecified atom stereocenters. The van der Waals surface area contributed by atoms with Crippen molar-refractivity contribution in [1.29, 1.82) is 0 Å². The average molecular weight is 374 g/mol. The summed E-state index contributed by atoms with van der Waals surface area (Å²) in [6, 6.07) is 7.07. The van der Waals surface area contributed by atoms with E-state index in [-0.39, 0.29) is 12.5 Å². The van der Waals surface area contributed by atoms with Crippen molar-refractivity contribution in [3.8, 4) is 5.75 Å². The van der Waals surface area contributed by atoms with E-state index >= 15 is 0 Å². The summed E-state index contributed by atoms with van der Waals surface area (Å²) < 4.78 is 6.15. The summed E-state index contributed by atoms with van der Waals surface area (Å²) in [6.45, 7) is -0.150. The lowest BCUT2D eigenvalue weighted by molar-refractivity contribution is -0.123. The molecule has 1 N–H and O–H groups in total. The van der Waals surface area contributed by atoms with Crippen LogP contribution in [0.4, 0.5) is 0 Å². The van der Waals surface area contributed by atoms with Gasteiger partial charge in [0.05, 0.1) is 11.2 Å². The fourth-order valence-electron chi connectivity index (χ4n) is 1.30. The summed E-state index contributed by atoms with van der Waals surface area (Å²) in [4.78, 5) is 11.5. The van der Waals surface area contributed by atoms with E-state index in [2.05, 4.69) is 26.5 Å². The van der Waals surface area contributed by atoms with E-state index in [1.165, 1.54) is 0 Å². The van der Waals surface area contributed by atoms with Crippen molar-refractivity contribution >= 4 is 51.0 Å². The Balaban J connectivity index is 1.80. The molecule has 0 aliphatic rings. The van der Waals surface area contributed by atoms with Crippen LogP contribution in [0, 0.1) is 0 Å². The van der Waals surface area contributed by atoms with E-state index in [0.717, 1.165) is 10.0 Å². The van der Waals surface area contributed by atoms with Crippen LogP contribution in [-0.4, -0.2) is 18.7 Å². The van der Waals surface area contributed by atoms with Gasteiger partial charge in [0.15, 0.2) is 6.61 Å². The molecule has 0 aliphatic heterocycles. The highest BCUT2D eigenvalue weighted by atomic mass is 79.9. The predicted molar refractivity (Wildman–Crippen MR) is 84.7 cm³/mol. The fraction of sp³-hybridized carbons (Fsp3) is 0.0769. The van der Waals surface area contributed by atoms with Crippen LogP contribution >= 0.6 is 38.9 Å². The van der Waals surface area contributed by atoms with Gasteiger partial charge in [0.1, 0.15) is 5.75 Å².